The number of ether oxygens (including phenoxy) is 1. The first kappa shape index (κ1) is 19.3. The molecule has 4 aliphatic heterocycles. The average Bonchev–Trinajstić information content (AvgIpc) is 2.74. The van der Waals surface area contributed by atoms with Gasteiger partial charge < -0.3 is 4.74 Å². The molecule has 0 spiro atoms. The predicted molar refractivity (Wildman–Crippen MR) is 112 cm³/mol. The van der Waals surface area contributed by atoms with Crippen LogP contribution < -0.4 is 0 Å². The van der Waals surface area contributed by atoms with E-state index in [1.54, 1.807) is 0 Å². The van der Waals surface area contributed by atoms with E-state index < -0.39 is 0 Å². The Bertz CT molecular complexity index is 820. The van der Waals surface area contributed by atoms with E-state index in [-0.39, 0.29) is 30.6 Å². The molecule has 0 aliphatic carbocycles. The van der Waals surface area contributed by atoms with Crippen molar-refractivity contribution in [3.8, 4) is 0 Å². The molecule has 28 heavy (non-hydrogen) atoms. The van der Waals surface area contributed by atoms with Gasteiger partial charge >= 0.3 is 6.09 Å². The van der Waals surface area contributed by atoms with E-state index in [0.717, 1.165) is 44.5 Å². The van der Waals surface area contributed by atoms with Gasteiger partial charge in [0.05, 0.1) is 6.04 Å². The third-order valence-electron chi connectivity index (χ3n) is 6.48. The van der Waals surface area contributed by atoms with Gasteiger partial charge in [-0.15, -0.1) is 12.4 Å². The maximum absolute atomic E-state index is 13.2. The number of hydrogen-bond acceptors (Lipinski definition) is 3. The fourth-order valence-electron chi connectivity index (χ4n) is 5.00. The van der Waals surface area contributed by atoms with Gasteiger partial charge in [0.1, 0.15) is 6.10 Å². The van der Waals surface area contributed by atoms with Crippen LogP contribution in [-0.2, 0) is 11.2 Å². The van der Waals surface area contributed by atoms with Gasteiger partial charge in [-0.2, -0.15) is 0 Å². The molecule has 2 bridgehead atoms. The first-order chi connectivity index (χ1) is 13.3. The van der Waals surface area contributed by atoms with Crippen LogP contribution >= 0.6 is 12.4 Å². The third-order valence-corrected chi connectivity index (χ3v) is 6.48. The molecule has 4 aliphatic rings. The van der Waals surface area contributed by atoms with Crippen molar-refractivity contribution in [2.45, 2.75) is 31.4 Å². The SMILES string of the molecule is Cl.O=C(O[C@@H]1CN2CCC1CC2)N1CCc2ccccc2C1c1ccccc1. The van der Waals surface area contributed by atoms with Gasteiger partial charge in [0.2, 0.25) is 0 Å². The molecule has 3 saturated heterocycles. The van der Waals surface area contributed by atoms with Crippen molar-refractivity contribution in [2.24, 2.45) is 5.92 Å². The zero-order valence-electron chi connectivity index (χ0n) is 16.0. The Morgan fingerprint density at radius 3 is 2.36 bits per heavy atom. The van der Waals surface area contributed by atoms with E-state index in [0.29, 0.717) is 12.5 Å². The fourth-order valence-corrected chi connectivity index (χ4v) is 5.00. The number of amides is 1. The molecule has 6 rings (SSSR count). The van der Waals surface area contributed by atoms with Crippen molar-refractivity contribution in [3.05, 3.63) is 71.3 Å². The summed E-state index contributed by atoms with van der Waals surface area (Å²) >= 11 is 0. The lowest BCUT2D eigenvalue weighted by atomic mass is 9.86. The van der Waals surface area contributed by atoms with Gasteiger partial charge in [-0.3, -0.25) is 9.80 Å². The number of benzene rings is 2. The van der Waals surface area contributed by atoms with Crippen LogP contribution in [0.3, 0.4) is 0 Å². The normalized spacial score (nSPS) is 28.2. The fraction of sp³-hybridized carbons (Fsp3) is 0.435. The quantitative estimate of drug-likeness (QED) is 0.756. The second-order valence-corrected chi connectivity index (χ2v) is 8.02. The molecular weight excluding hydrogens is 372 g/mol. The summed E-state index contributed by atoms with van der Waals surface area (Å²) in [7, 11) is 0. The molecule has 0 radical (unpaired) electrons. The zero-order valence-corrected chi connectivity index (χ0v) is 16.8. The lowest BCUT2D eigenvalue weighted by Crippen LogP contribution is -2.53. The summed E-state index contributed by atoms with van der Waals surface area (Å²) in [6.45, 7) is 3.91. The highest BCUT2D eigenvalue weighted by Gasteiger charge is 2.39. The first-order valence-electron chi connectivity index (χ1n) is 10.1. The molecule has 2 atom stereocenters. The summed E-state index contributed by atoms with van der Waals surface area (Å²) in [5.74, 6) is 0.534. The summed E-state index contributed by atoms with van der Waals surface area (Å²) in [5.41, 5.74) is 3.70. The highest BCUT2D eigenvalue weighted by Crippen LogP contribution is 2.36. The number of hydrogen-bond donors (Lipinski definition) is 0. The lowest BCUT2D eigenvalue weighted by Gasteiger charge is -2.45. The Morgan fingerprint density at radius 2 is 1.64 bits per heavy atom. The Kier molecular flexibility index (Phi) is 5.61. The molecule has 2 aromatic rings. The van der Waals surface area contributed by atoms with E-state index in [9.17, 15) is 4.79 Å². The summed E-state index contributed by atoms with van der Waals surface area (Å²) in [6, 6.07) is 18.8. The number of piperidine rings is 3. The summed E-state index contributed by atoms with van der Waals surface area (Å²) in [6.07, 6.45) is 3.09. The summed E-state index contributed by atoms with van der Waals surface area (Å²) in [5, 5.41) is 0. The Morgan fingerprint density at radius 1 is 0.929 bits per heavy atom. The maximum atomic E-state index is 13.2. The molecule has 2 aromatic carbocycles. The van der Waals surface area contributed by atoms with Crippen molar-refractivity contribution in [3.63, 3.8) is 0 Å². The van der Waals surface area contributed by atoms with Crippen molar-refractivity contribution < 1.29 is 9.53 Å². The summed E-state index contributed by atoms with van der Waals surface area (Å²) in [4.78, 5) is 17.6. The first-order valence-corrected chi connectivity index (χ1v) is 10.1. The van der Waals surface area contributed by atoms with Crippen molar-refractivity contribution in [1.82, 2.24) is 9.80 Å². The Hall–Kier alpha value is -2.04. The number of nitrogens with zero attached hydrogens (tertiary/aromatic N) is 2. The van der Waals surface area contributed by atoms with E-state index in [2.05, 4.69) is 41.3 Å². The number of fused-ring (bicyclic) bond motifs is 4. The van der Waals surface area contributed by atoms with E-state index in [1.807, 2.05) is 23.1 Å². The standard InChI is InChI=1S/C23H26N2O2.ClH/c26-23(27-21-16-24-13-10-18(21)11-14-24)25-15-12-17-6-4-5-9-20(17)22(25)19-7-2-1-3-8-19;/h1-9,18,21-22H,10-16H2;1H/t21-,22?;/m1./s1. The monoisotopic (exact) mass is 398 g/mol. The van der Waals surface area contributed by atoms with Gasteiger partial charge in [-0.25, -0.2) is 4.79 Å². The molecule has 4 nitrogen and oxygen atoms in total. The second-order valence-electron chi connectivity index (χ2n) is 8.02. The number of rotatable bonds is 2. The topological polar surface area (TPSA) is 32.8 Å². The minimum absolute atomic E-state index is 0. The van der Waals surface area contributed by atoms with Crippen LogP contribution in [0.15, 0.2) is 54.6 Å². The minimum Gasteiger partial charge on any atom is -0.444 e. The van der Waals surface area contributed by atoms with E-state index in [4.69, 9.17) is 4.74 Å². The predicted octanol–water partition coefficient (Wildman–Crippen LogP) is 4.29. The highest BCUT2D eigenvalue weighted by atomic mass is 35.5. The van der Waals surface area contributed by atoms with Crippen molar-refractivity contribution in [1.29, 1.82) is 0 Å². The van der Waals surface area contributed by atoms with Crippen LogP contribution in [0.2, 0.25) is 0 Å². The lowest BCUT2D eigenvalue weighted by molar-refractivity contribution is -0.0462. The van der Waals surface area contributed by atoms with Crippen LogP contribution in [0.1, 0.15) is 35.6 Å². The number of halogens is 1. The van der Waals surface area contributed by atoms with Crippen LogP contribution in [0, 0.1) is 5.92 Å². The number of carbonyl (C=O) groups is 1. The molecule has 4 heterocycles. The minimum atomic E-state index is -0.155. The maximum Gasteiger partial charge on any atom is 0.410 e. The van der Waals surface area contributed by atoms with Gasteiger partial charge in [-0.05, 0) is 55.0 Å². The zero-order chi connectivity index (χ0) is 18.2. The Labute approximate surface area is 172 Å². The molecule has 0 N–H and O–H groups in total. The third kappa shape index (κ3) is 3.51. The molecule has 3 fully saturated rings. The number of carbonyl (C=O) groups excluding carboxylic acids is 1. The van der Waals surface area contributed by atoms with Crippen LogP contribution in [0.5, 0.6) is 0 Å². The van der Waals surface area contributed by atoms with Crippen LogP contribution in [-0.4, -0.2) is 48.2 Å². The van der Waals surface area contributed by atoms with Gasteiger partial charge in [0.15, 0.2) is 0 Å². The molecule has 148 valence electrons. The van der Waals surface area contributed by atoms with Gasteiger partial charge in [-0.1, -0.05) is 54.6 Å². The largest absolute Gasteiger partial charge is 0.444 e. The average molecular weight is 399 g/mol. The smallest absolute Gasteiger partial charge is 0.410 e. The molecule has 1 unspecified atom stereocenters. The Balaban J connectivity index is 0.00000192. The van der Waals surface area contributed by atoms with E-state index >= 15 is 0 Å². The van der Waals surface area contributed by atoms with Gasteiger partial charge in [0.25, 0.3) is 0 Å². The van der Waals surface area contributed by atoms with E-state index in [1.165, 1.54) is 11.1 Å². The van der Waals surface area contributed by atoms with Crippen molar-refractivity contribution >= 4 is 18.5 Å². The second kappa shape index (κ2) is 8.14. The molecule has 5 heteroatoms. The van der Waals surface area contributed by atoms with Crippen LogP contribution in [0.4, 0.5) is 4.79 Å². The molecule has 1 amide bonds. The van der Waals surface area contributed by atoms with Gasteiger partial charge in [0, 0.05) is 13.1 Å². The van der Waals surface area contributed by atoms with Crippen LogP contribution in [0.25, 0.3) is 0 Å². The molecule has 0 aromatic heterocycles. The molecule has 0 saturated carbocycles. The highest BCUT2D eigenvalue weighted by molar-refractivity contribution is 5.85. The van der Waals surface area contributed by atoms with Crippen molar-refractivity contribution in [2.75, 3.05) is 26.2 Å². The molecular formula is C23H27ClN2O2. The summed E-state index contributed by atoms with van der Waals surface area (Å²) < 4.78 is 6.08.